The largest absolute Gasteiger partial charge is 0.355 e. The number of carbonyl (C=O) groups is 2. The van der Waals surface area contributed by atoms with Gasteiger partial charge in [-0.1, -0.05) is 31.2 Å². The van der Waals surface area contributed by atoms with E-state index >= 15 is 0 Å². The second kappa shape index (κ2) is 9.73. The fraction of sp³-hybridized carbons (Fsp3) is 0.125. The summed E-state index contributed by atoms with van der Waals surface area (Å²) in [6, 6.07) is 17.2. The molecule has 0 radical (unpaired) electrons. The van der Waals surface area contributed by atoms with E-state index in [0.29, 0.717) is 35.0 Å². The number of hydrogen-bond acceptors (Lipinski definition) is 6. The molecule has 0 spiro atoms. The van der Waals surface area contributed by atoms with Gasteiger partial charge in [0.25, 0.3) is 17.4 Å². The first-order valence-corrected chi connectivity index (χ1v) is 10.4. The van der Waals surface area contributed by atoms with E-state index in [1.807, 2.05) is 25.1 Å². The Bertz CT molecular complexity index is 1370. The number of carbonyl (C=O) groups excluding carboxylic acids is 2. The number of aromatic nitrogens is 3. The van der Waals surface area contributed by atoms with E-state index < -0.39 is 11.8 Å². The standard InChI is InChI=1S/C24H22N6O3/c1-2-14-30-24(33)20-9-4-3-8-19(20)21(29-30)23(32)28-27-22(31)16-6-5-7-18(15-16)26-17-10-12-25-13-11-17/h3-13,15H,2,14H2,1H3,(H,25,26)(H,27,31)(H,28,32). The highest BCUT2D eigenvalue weighted by Crippen LogP contribution is 2.17. The summed E-state index contributed by atoms with van der Waals surface area (Å²) in [5.41, 5.74) is 6.51. The first-order chi connectivity index (χ1) is 16.1. The molecule has 0 aliphatic rings. The molecule has 0 aliphatic carbocycles. The number of anilines is 2. The molecule has 2 aromatic carbocycles. The predicted molar refractivity (Wildman–Crippen MR) is 125 cm³/mol. The molecule has 2 heterocycles. The van der Waals surface area contributed by atoms with Crippen LogP contribution in [-0.4, -0.2) is 26.6 Å². The molecule has 0 atom stereocenters. The number of benzene rings is 2. The zero-order chi connectivity index (χ0) is 23.2. The molecule has 0 saturated heterocycles. The Morgan fingerprint density at radius 3 is 2.36 bits per heavy atom. The van der Waals surface area contributed by atoms with Gasteiger partial charge in [-0.3, -0.25) is 30.2 Å². The van der Waals surface area contributed by atoms with Crippen LogP contribution in [0.25, 0.3) is 10.8 Å². The minimum atomic E-state index is -0.615. The quantitative estimate of drug-likeness (QED) is 0.395. The van der Waals surface area contributed by atoms with Crippen molar-refractivity contribution >= 4 is 34.0 Å². The van der Waals surface area contributed by atoms with Gasteiger partial charge in [-0.2, -0.15) is 5.10 Å². The number of fused-ring (bicyclic) bond motifs is 1. The highest BCUT2D eigenvalue weighted by molar-refractivity contribution is 6.06. The molecular weight excluding hydrogens is 420 g/mol. The highest BCUT2D eigenvalue weighted by Gasteiger charge is 2.17. The van der Waals surface area contributed by atoms with E-state index in [9.17, 15) is 14.4 Å². The maximum Gasteiger partial charge on any atom is 0.290 e. The summed E-state index contributed by atoms with van der Waals surface area (Å²) < 4.78 is 1.27. The Labute approximate surface area is 189 Å². The van der Waals surface area contributed by atoms with E-state index in [1.165, 1.54) is 4.68 Å². The third-order valence-corrected chi connectivity index (χ3v) is 4.90. The summed E-state index contributed by atoms with van der Waals surface area (Å²) >= 11 is 0. The zero-order valence-corrected chi connectivity index (χ0v) is 17.9. The van der Waals surface area contributed by atoms with Crippen LogP contribution in [-0.2, 0) is 6.54 Å². The molecular formula is C24H22N6O3. The van der Waals surface area contributed by atoms with Crippen molar-refractivity contribution in [2.24, 2.45) is 0 Å². The Hall–Kier alpha value is -4.53. The van der Waals surface area contributed by atoms with Gasteiger partial charge in [-0.05, 0) is 42.8 Å². The molecule has 0 aliphatic heterocycles. The number of hydrazine groups is 1. The van der Waals surface area contributed by atoms with Crippen molar-refractivity contribution in [3.05, 3.63) is 94.7 Å². The van der Waals surface area contributed by atoms with Crippen molar-refractivity contribution < 1.29 is 9.59 Å². The van der Waals surface area contributed by atoms with Gasteiger partial charge < -0.3 is 5.32 Å². The highest BCUT2D eigenvalue weighted by atomic mass is 16.2. The second-order valence-corrected chi connectivity index (χ2v) is 7.27. The van der Waals surface area contributed by atoms with E-state index in [-0.39, 0.29) is 11.3 Å². The zero-order valence-electron chi connectivity index (χ0n) is 17.9. The van der Waals surface area contributed by atoms with Crippen LogP contribution in [0, 0.1) is 0 Å². The van der Waals surface area contributed by atoms with Crippen LogP contribution < -0.4 is 21.7 Å². The van der Waals surface area contributed by atoms with Crippen molar-refractivity contribution in [1.82, 2.24) is 25.6 Å². The van der Waals surface area contributed by atoms with E-state index in [0.717, 1.165) is 5.69 Å². The van der Waals surface area contributed by atoms with Crippen LogP contribution in [0.2, 0.25) is 0 Å². The summed E-state index contributed by atoms with van der Waals surface area (Å²) in [6.07, 6.45) is 4.01. The molecule has 0 unspecified atom stereocenters. The van der Waals surface area contributed by atoms with E-state index in [2.05, 4.69) is 26.3 Å². The van der Waals surface area contributed by atoms with Gasteiger partial charge in [-0.25, -0.2) is 4.68 Å². The average Bonchev–Trinajstić information content (AvgIpc) is 2.85. The summed E-state index contributed by atoms with van der Waals surface area (Å²) in [5, 5.41) is 8.23. The molecule has 33 heavy (non-hydrogen) atoms. The van der Waals surface area contributed by atoms with Crippen molar-refractivity contribution in [1.29, 1.82) is 0 Å². The maximum atomic E-state index is 12.8. The van der Waals surface area contributed by atoms with Gasteiger partial charge in [0, 0.05) is 41.3 Å². The maximum absolute atomic E-state index is 12.8. The van der Waals surface area contributed by atoms with Crippen LogP contribution in [0.3, 0.4) is 0 Å². The molecule has 9 nitrogen and oxygen atoms in total. The van der Waals surface area contributed by atoms with Crippen molar-refractivity contribution in [2.45, 2.75) is 19.9 Å². The van der Waals surface area contributed by atoms with Crippen LogP contribution in [0.15, 0.2) is 77.9 Å². The molecule has 166 valence electrons. The summed E-state index contributed by atoms with van der Waals surface area (Å²) in [7, 11) is 0. The monoisotopic (exact) mass is 442 g/mol. The van der Waals surface area contributed by atoms with Gasteiger partial charge in [-0.15, -0.1) is 0 Å². The molecule has 0 saturated carbocycles. The Morgan fingerprint density at radius 1 is 0.879 bits per heavy atom. The van der Waals surface area contributed by atoms with E-state index in [4.69, 9.17) is 0 Å². The molecule has 4 rings (SSSR count). The van der Waals surface area contributed by atoms with Crippen LogP contribution >= 0.6 is 0 Å². The lowest BCUT2D eigenvalue weighted by Crippen LogP contribution is -2.42. The average molecular weight is 442 g/mol. The van der Waals surface area contributed by atoms with Gasteiger partial charge in [0.15, 0.2) is 5.69 Å². The molecule has 0 bridgehead atoms. The fourth-order valence-electron chi connectivity index (χ4n) is 3.35. The van der Waals surface area contributed by atoms with Crippen molar-refractivity contribution in [2.75, 3.05) is 5.32 Å². The predicted octanol–water partition coefficient (Wildman–Crippen LogP) is 3.02. The fourth-order valence-corrected chi connectivity index (χ4v) is 3.35. The lowest BCUT2D eigenvalue weighted by molar-refractivity contribution is 0.0843. The molecule has 4 aromatic rings. The molecule has 9 heteroatoms. The molecule has 0 fully saturated rings. The molecule has 2 aromatic heterocycles. The number of rotatable bonds is 6. The van der Waals surface area contributed by atoms with Crippen LogP contribution in [0.4, 0.5) is 11.4 Å². The summed E-state index contributed by atoms with van der Waals surface area (Å²) in [6.45, 7) is 2.30. The summed E-state index contributed by atoms with van der Waals surface area (Å²) in [4.78, 5) is 42.0. The van der Waals surface area contributed by atoms with Gasteiger partial charge in [0.2, 0.25) is 0 Å². The second-order valence-electron chi connectivity index (χ2n) is 7.27. The van der Waals surface area contributed by atoms with Gasteiger partial charge in [0.05, 0.1) is 5.39 Å². The first-order valence-electron chi connectivity index (χ1n) is 10.4. The van der Waals surface area contributed by atoms with Crippen molar-refractivity contribution in [3.8, 4) is 0 Å². The minimum absolute atomic E-state index is 0.0621. The van der Waals surface area contributed by atoms with Crippen LogP contribution in [0.5, 0.6) is 0 Å². The smallest absolute Gasteiger partial charge is 0.290 e. The van der Waals surface area contributed by atoms with Crippen molar-refractivity contribution in [3.63, 3.8) is 0 Å². The lowest BCUT2D eigenvalue weighted by atomic mass is 10.1. The third kappa shape index (κ3) is 4.87. The Balaban J connectivity index is 1.51. The first kappa shape index (κ1) is 21.7. The van der Waals surface area contributed by atoms with Crippen LogP contribution in [0.1, 0.15) is 34.2 Å². The lowest BCUT2D eigenvalue weighted by Gasteiger charge is -2.12. The van der Waals surface area contributed by atoms with Gasteiger partial charge in [0.1, 0.15) is 0 Å². The number of amides is 2. The number of pyridine rings is 1. The minimum Gasteiger partial charge on any atom is -0.355 e. The molecule has 3 N–H and O–H groups in total. The molecule has 2 amide bonds. The van der Waals surface area contributed by atoms with E-state index in [1.54, 1.807) is 54.9 Å². The summed E-state index contributed by atoms with van der Waals surface area (Å²) in [5.74, 6) is -1.11. The Kier molecular flexibility index (Phi) is 6.40. The third-order valence-electron chi connectivity index (χ3n) is 4.90. The van der Waals surface area contributed by atoms with Gasteiger partial charge >= 0.3 is 0 Å². The normalized spacial score (nSPS) is 10.6. The topological polar surface area (TPSA) is 118 Å². The number of aryl methyl sites for hydroxylation is 1. The number of nitrogens with zero attached hydrogens (tertiary/aromatic N) is 3. The SMILES string of the molecule is CCCn1nc(C(=O)NNC(=O)c2cccc(Nc3ccncc3)c2)c2ccccc2c1=O. The number of nitrogens with one attached hydrogen (secondary N) is 3. The number of hydrogen-bond donors (Lipinski definition) is 3. The Morgan fingerprint density at radius 2 is 1.61 bits per heavy atom.